The quantitative estimate of drug-likeness (QED) is 0.545. The maximum absolute atomic E-state index is 12.4. The van der Waals surface area contributed by atoms with E-state index >= 15 is 0 Å². The van der Waals surface area contributed by atoms with E-state index in [1.165, 1.54) is 31.2 Å². The number of ether oxygens (including phenoxy) is 1. The van der Waals surface area contributed by atoms with Crippen LogP contribution in [0, 0.1) is 0 Å². The fourth-order valence-corrected chi connectivity index (χ4v) is 5.45. The summed E-state index contributed by atoms with van der Waals surface area (Å²) >= 11 is 0.985. The van der Waals surface area contributed by atoms with E-state index < -0.39 is 22.3 Å². The van der Waals surface area contributed by atoms with Crippen LogP contribution in [0.1, 0.15) is 12.8 Å². The fourth-order valence-electron chi connectivity index (χ4n) is 3.17. The molecule has 1 aliphatic heterocycles. The number of alkyl halides is 3. The topological polar surface area (TPSA) is 122 Å². The van der Waals surface area contributed by atoms with E-state index in [0.717, 1.165) is 17.4 Å². The van der Waals surface area contributed by atoms with Crippen LogP contribution in [0.5, 0.6) is 5.75 Å². The van der Waals surface area contributed by atoms with Crippen LogP contribution in [0.15, 0.2) is 22.6 Å². The highest BCUT2D eigenvalue weighted by atomic mass is 32.2. The highest BCUT2D eigenvalue weighted by Gasteiger charge is 2.31. The molecule has 0 fully saturated rings. The van der Waals surface area contributed by atoms with Gasteiger partial charge in [-0.15, -0.1) is 13.2 Å². The molecule has 2 heterocycles. The second kappa shape index (κ2) is 10.8. The number of aromatic nitrogens is 1. The summed E-state index contributed by atoms with van der Waals surface area (Å²) < 4.78 is 62.6. The first-order chi connectivity index (χ1) is 16.0. The highest BCUT2D eigenvalue weighted by Crippen LogP contribution is 2.31. The van der Waals surface area contributed by atoms with Gasteiger partial charge in [0, 0.05) is 19.2 Å². The molecule has 2 atom stereocenters. The van der Waals surface area contributed by atoms with Gasteiger partial charge in [0.25, 0.3) is 0 Å². The molecule has 10 nitrogen and oxygen atoms in total. The van der Waals surface area contributed by atoms with Crippen molar-refractivity contribution >= 4 is 48.5 Å². The summed E-state index contributed by atoms with van der Waals surface area (Å²) in [5.41, 5.74) is 0.399. The van der Waals surface area contributed by atoms with Crippen molar-refractivity contribution in [1.29, 1.82) is 0 Å². The Bertz CT molecular complexity index is 1160. The van der Waals surface area contributed by atoms with Crippen molar-refractivity contribution in [2.24, 2.45) is 4.36 Å². The Balaban J connectivity index is 1.48. The molecule has 2 unspecified atom stereocenters. The first kappa shape index (κ1) is 26.1. The molecule has 0 saturated heterocycles. The molecule has 188 valence electrons. The minimum atomic E-state index is -4.81. The molecule has 1 aromatic heterocycles. The molecule has 2 amide bonds. The number of rotatable bonds is 8. The summed E-state index contributed by atoms with van der Waals surface area (Å²) in [4.78, 5) is 30.1. The monoisotopic (exact) mass is 523 g/mol. The largest absolute Gasteiger partial charge is 0.573 e. The standard InChI is InChI=1S/C19H24F3N5O5S2/c1-27(17(29)10-23-12-5-7-24-34(30,31-2)8-6-12)11-16(28)26-18-25-14-4-3-13(9-15(14)33-18)32-19(20,21)22/h3-4,9,12,23H,5-8,10-11H2,1-2H3,(H,25,26,28). The molecule has 1 aromatic carbocycles. The van der Waals surface area contributed by atoms with Gasteiger partial charge >= 0.3 is 6.36 Å². The van der Waals surface area contributed by atoms with E-state index in [-0.39, 0.29) is 41.7 Å². The van der Waals surface area contributed by atoms with E-state index in [1.807, 2.05) is 0 Å². The molecule has 0 spiro atoms. The van der Waals surface area contributed by atoms with Crippen LogP contribution in [0.2, 0.25) is 0 Å². The lowest BCUT2D eigenvalue weighted by Gasteiger charge is -2.20. The maximum Gasteiger partial charge on any atom is 0.573 e. The van der Waals surface area contributed by atoms with Crippen molar-refractivity contribution in [2.75, 3.05) is 44.9 Å². The number of nitrogens with one attached hydrogen (secondary N) is 2. The van der Waals surface area contributed by atoms with E-state index in [9.17, 15) is 27.0 Å². The summed E-state index contributed by atoms with van der Waals surface area (Å²) in [7, 11) is 0.190. The van der Waals surface area contributed by atoms with Gasteiger partial charge in [0.2, 0.25) is 11.8 Å². The van der Waals surface area contributed by atoms with Gasteiger partial charge in [-0.1, -0.05) is 11.3 Å². The lowest BCUT2D eigenvalue weighted by Crippen LogP contribution is -2.43. The maximum atomic E-state index is 12.4. The zero-order valence-corrected chi connectivity index (χ0v) is 20.0. The van der Waals surface area contributed by atoms with Crippen molar-refractivity contribution in [3.8, 4) is 5.75 Å². The van der Waals surface area contributed by atoms with Crippen LogP contribution in [0.25, 0.3) is 10.2 Å². The van der Waals surface area contributed by atoms with Crippen molar-refractivity contribution in [3.05, 3.63) is 18.2 Å². The summed E-state index contributed by atoms with van der Waals surface area (Å²) in [5, 5.41) is 5.83. The Labute approximate surface area is 198 Å². The number of amides is 2. The van der Waals surface area contributed by atoms with Crippen LogP contribution in [-0.2, 0) is 23.8 Å². The number of benzene rings is 1. The van der Waals surface area contributed by atoms with Crippen LogP contribution in [-0.4, -0.2) is 77.9 Å². The number of nitrogens with zero attached hydrogens (tertiary/aromatic N) is 3. The van der Waals surface area contributed by atoms with Crippen molar-refractivity contribution in [2.45, 2.75) is 25.2 Å². The summed E-state index contributed by atoms with van der Waals surface area (Å²) in [6, 6.07) is 3.62. The molecule has 0 saturated carbocycles. The number of carbonyl (C=O) groups is 2. The normalized spacial score (nSPS) is 20.9. The van der Waals surface area contributed by atoms with Gasteiger partial charge in [0.15, 0.2) is 15.1 Å². The molecule has 0 radical (unpaired) electrons. The van der Waals surface area contributed by atoms with Crippen LogP contribution >= 0.6 is 11.3 Å². The minimum absolute atomic E-state index is 0.00820. The van der Waals surface area contributed by atoms with Gasteiger partial charge in [0.05, 0.1) is 42.7 Å². The Morgan fingerprint density at radius 1 is 1.32 bits per heavy atom. The lowest BCUT2D eigenvalue weighted by molar-refractivity contribution is -0.274. The second-order valence-electron chi connectivity index (χ2n) is 7.45. The first-order valence-electron chi connectivity index (χ1n) is 10.2. The molecular formula is C19H24F3N5O5S2. The fraction of sp³-hybridized carbons (Fsp3) is 0.526. The number of thiazole rings is 1. The molecule has 2 N–H and O–H groups in total. The Hall–Kier alpha value is -2.49. The third-order valence-electron chi connectivity index (χ3n) is 4.94. The molecule has 2 aromatic rings. The van der Waals surface area contributed by atoms with Gasteiger partial charge in [-0.25, -0.2) is 13.6 Å². The van der Waals surface area contributed by atoms with E-state index in [2.05, 4.69) is 24.7 Å². The number of fused-ring (bicyclic) bond motifs is 1. The Kier molecular flexibility index (Phi) is 8.33. The van der Waals surface area contributed by atoms with Gasteiger partial charge in [-0.2, -0.15) is 0 Å². The summed E-state index contributed by atoms with van der Waals surface area (Å²) in [6.45, 7) is 0.116. The number of anilines is 1. The Morgan fingerprint density at radius 2 is 2.09 bits per heavy atom. The average molecular weight is 524 g/mol. The zero-order valence-electron chi connectivity index (χ0n) is 18.4. The van der Waals surface area contributed by atoms with E-state index in [4.69, 9.17) is 4.18 Å². The molecule has 1 aliphatic rings. The van der Waals surface area contributed by atoms with Gasteiger partial charge in [-0.3, -0.25) is 13.8 Å². The van der Waals surface area contributed by atoms with Gasteiger partial charge in [0.1, 0.15) is 5.75 Å². The van der Waals surface area contributed by atoms with Crippen LogP contribution in [0.4, 0.5) is 18.3 Å². The van der Waals surface area contributed by atoms with E-state index in [0.29, 0.717) is 29.6 Å². The lowest BCUT2D eigenvalue weighted by atomic mass is 10.1. The first-order valence-corrected chi connectivity index (χ1v) is 12.6. The molecule has 0 aliphatic carbocycles. The number of halogens is 3. The highest BCUT2D eigenvalue weighted by molar-refractivity contribution is 7.89. The number of hydrogen-bond donors (Lipinski definition) is 2. The third-order valence-corrected chi connectivity index (χ3v) is 7.72. The van der Waals surface area contributed by atoms with Crippen molar-refractivity contribution in [3.63, 3.8) is 0 Å². The van der Waals surface area contributed by atoms with Gasteiger partial charge in [-0.05, 0) is 25.0 Å². The molecular weight excluding hydrogens is 499 g/mol. The van der Waals surface area contributed by atoms with Crippen LogP contribution in [0.3, 0.4) is 0 Å². The van der Waals surface area contributed by atoms with Crippen molar-refractivity contribution in [1.82, 2.24) is 15.2 Å². The predicted molar refractivity (Wildman–Crippen MR) is 121 cm³/mol. The molecule has 0 bridgehead atoms. The SMILES string of the molecule is COS1(=O)=NCCC(NCC(=O)N(C)CC(=O)Nc2nc3ccc(OC(F)(F)F)cc3s2)CC1. The summed E-state index contributed by atoms with van der Waals surface area (Å²) in [5.74, 6) is -0.928. The molecule has 3 rings (SSSR count). The number of likely N-dealkylation sites (N-methyl/N-ethyl adjacent to an activating group) is 1. The average Bonchev–Trinajstić information content (AvgIpc) is 3.04. The third kappa shape index (κ3) is 7.51. The predicted octanol–water partition coefficient (Wildman–Crippen LogP) is 2.37. The van der Waals surface area contributed by atoms with Crippen LogP contribution < -0.4 is 15.4 Å². The smallest absolute Gasteiger partial charge is 0.406 e. The second-order valence-corrected chi connectivity index (χ2v) is 10.6. The minimum Gasteiger partial charge on any atom is -0.406 e. The summed E-state index contributed by atoms with van der Waals surface area (Å²) in [6.07, 6.45) is -3.65. The van der Waals surface area contributed by atoms with Crippen molar-refractivity contribution < 1.29 is 35.9 Å². The molecule has 34 heavy (non-hydrogen) atoms. The zero-order chi connectivity index (χ0) is 24.9. The molecule has 15 heteroatoms. The van der Waals surface area contributed by atoms with E-state index in [1.54, 1.807) is 0 Å². The number of carbonyl (C=O) groups excluding carboxylic acids is 2. The van der Waals surface area contributed by atoms with Gasteiger partial charge < -0.3 is 20.3 Å². The number of hydrogen-bond acceptors (Lipinski definition) is 9. The Morgan fingerprint density at radius 3 is 2.79 bits per heavy atom.